The number of aliphatic hydroxyl groups is 1. The lowest BCUT2D eigenvalue weighted by Gasteiger charge is -2.19. The molecule has 8 heteroatoms. The summed E-state index contributed by atoms with van der Waals surface area (Å²) in [6.45, 7) is 1.59. The van der Waals surface area contributed by atoms with Gasteiger partial charge in [0.15, 0.2) is 6.10 Å². The van der Waals surface area contributed by atoms with Crippen LogP contribution >= 0.6 is 0 Å². The summed E-state index contributed by atoms with van der Waals surface area (Å²) in [7, 11) is 0. The molecule has 31 heavy (non-hydrogen) atoms. The number of carboxylic acids is 1. The van der Waals surface area contributed by atoms with Crippen molar-refractivity contribution in [3.8, 4) is 11.1 Å². The Morgan fingerprint density at radius 3 is 2.16 bits per heavy atom. The number of carboxylic acid groups (broad SMARTS) is 1. The zero-order chi connectivity index (χ0) is 22.4. The van der Waals surface area contributed by atoms with E-state index in [1.165, 1.54) is 0 Å². The largest absolute Gasteiger partial charge is 0.479 e. The van der Waals surface area contributed by atoms with Crippen molar-refractivity contribution >= 4 is 18.0 Å². The zero-order valence-corrected chi connectivity index (χ0v) is 17.2. The maximum atomic E-state index is 12.3. The molecule has 0 saturated carbocycles. The molecule has 2 aromatic carbocycles. The molecule has 0 bridgehead atoms. The van der Waals surface area contributed by atoms with Gasteiger partial charge in [-0.15, -0.1) is 0 Å². The predicted octanol–water partition coefficient (Wildman–Crippen LogP) is 2.26. The first-order valence-electron chi connectivity index (χ1n) is 10.2. The van der Waals surface area contributed by atoms with Crippen molar-refractivity contribution in [3.63, 3.8) is 0 Å². The maximum Gasteiger partial charge on any atom is 0.407 e. The van der Waals surface area contributed by atoms with Gasteiger partial charge in [-0.1, -0.05) is 55.5 Å². The number of benzene rings is 2. The van der Waals surface area contributed by atoms with Crippen LogP contribution in [0.15, 0.2) is 48.5 Å². The molecule has 0 radical (unpaired) electrons. The Hall–Kier alpha value is -3.39. The maximum absolute atomic E-state index is 12.3. The number of amides is 2. The number of carbonyl (C=O) groups is 3. The molecule has 0 aliphatic heterocycles. The van der Waals surface area contributed by atoms with Gasteiger partial charge in [-0.2, -0.15) is 0 Å². The van der Waals surface area contributed by atoms with E-state index in [4.69, 9.17) is 9.84 Å². The molecule has 2 aromatic rings. The number of hydrogen-bond donors (Lipinski definition) is 4. The van der Waals surface area contributed by atoms with Gasteiger partial charge in [0, 0.05) is 18.4 Å². The summed E-state index contributed by atoms with van der Waals surface area (Å²) in [6, 6.07) is 15.6. The average Bonchev–Trinajstić information content (AvgIpc) is 3.09. The molecule has 4 N–H and O–H groups in total. The van der Waals surface area contributed by atoms with Crippen LogP contribution in [0.3, 0.4) is 0 Å². The Morgan fingerprint density at radius 2 is 1.61 bits per heavy atom. The highest BCUT2D eigenvalue weighted by Gasteiger charge is 2.29. The number of aliphatic hydroxyl groups excluding tert-OH is 1. The third-order valence-corrected chi connectivity index (χ3v) is 5.37. The highest BCUT2D eigenvalue weighted by molar-refractivity contribution is 5.80. The molecular formula is C23H26N2O6. The number of carbonyl (C=O) groups excluding carboxylic acids is 2. The minimum Gasteiger partial charge on any atom is -0.479 e. The van der Waals surface area contributed by atoms with Crippen molar-refractivity contribution in [1.82, 2.24) is 10.6 Å². The van der Waals surface area contributed by atoms with E-state index in [9.17, 15) is 19.5 Å². The quantitative estimate of drug-likeness (QED) is 0.487. The van der Waals surface area contributed by atoms with Crippen molar-refractivity contribution in [1.29, 1.82) is 0 Å². The van der Waals surface area contributed by atoms with Crippen LogP contribution in [0.1, 0.15) is 36.8 Å². The van der Waals surface area contributed by atoms with Gasteiger partial charge >= 0.3 is 12.1 Å². The van der Waals surface area contributed by atoms with E-state index >= 15 is 0 Å². The molecule has 0 spiro atoms. The second-order valence-corrected chi connectivity index (χ2v) is 7.44. The van der Waals surface area contributed by atoms with Crippen LogP contribution in [-0.2, 0) is 14.3 Å². The number of hydrogen-bond acceptors (Lipinski definition) is 5. The van der Waals surface area contributed by atoms with Crippen LogP contribution in [0, 0.1) is 0 Å². The molecule has 1 aliphatic rings. The molecule has 3 rings (SSSR count). The van der Waals surface area contributed by atoms with Gasteiger partial charge in [-0.05, 0) is 28.7 Å². The van der Waals surface area contributed by atoms with Crippen molar-refractivity contribution in [3.05, 3.63) is 59.7 Å². The standard InChI is InChI=1S/C23H26N2O6/c1-2-14(11-21(27)24-12-20(26)22(28)29)25-23(30)31-13-19-17-9-5-3-7-15(17)16-8-4-6-10-18(16)19/h3-10,14,19-20,26H,2,11-13H2,1H3,(H,24,27)(H,25,30)(H,28,29)/t14-,20?/m0/s1. The summed E-state index contributed by atoms with van der Waals surface area (Å²) in [5.74, 6) is -1.94. The lowest BCUT2D eigenvalue weighted by molar-refractivity contribution is -0.146. The van der Waals surface area contributed by atoms with Gasteiger partial charge in [0.25, 0.3) is 0 Å². The van der Waals surface area contributed by atoms with E-state index in [2.05, 4.69) is 22.8 Å². The first kappa shape index (κ1) is 22.3. The van der Waals surface area contributed by atoms with Crippen LogP contribution in [0.2, 0.25) is 0 Å². The predicted molar refractivity (Wildman–Crippen MR) is 114 cm³/mol. The number of ether oxygens (including phenoxy) is 1. The fourth-order valence-electron chi connectivity index (χ4n) is 3.70. The summed E-state index contributed by atoms with van der Waals surface area (Å²) in [4.78, 5) is 34.9. The molecule has 2 amide bonds. The molecule has 2 atom stereocenters. The Labute approximate surface area is 180 Å². The summed E-state index contributed by atoms with van der Waals surface area (Å²) in [6.07, 6.45) is -1.85. The molecule has 8 nitrogen and oxygen atoms in total. The number of alkyl carbamates (subject to hydrolysis) is 1. The van der Waals surface area contributed by atoms with E-state index in [1.54, 1.807) is 0 Å². The van der Waals surface area contributed by atoms with Crippen LogP contribution < -0.4 is 10.6 Å². The second-order valence-electron chi connectivity index (χ2n) is 7.44. The van der Waals surface area contributed by atoms with Crippen molar-refractivity contribution in [2.75, 3.05) is 13.2 Å². The topological polar surface area (TPSA) is 125 Å². The fraction of sp³-hybridized carbons (Fsp3) is 0.348. The molecule has 1 unspecified atom stereocenters. The van der Waals surface area contributed by atoms with Gasteiger partial charge in [0.2, 0.25) is 5.91 Å². The Morgan fingerprint density at radius 1 is 1.03 bits per heavy atom. The first-order chi connectivity index (χ1) is 14.9. The van der Waals surface area contributed by atoms with E-state index in [-0.39, 0.29) is 18.9 Å². The molecule has 0 saturated heterocycles. The van der Waals surface area contributed by atoms with Gasteiger partial charge in [0.05, 0.1) is 6.54 Å². The minimum atomic E-state index is -1.67. The third-order valence-electron chi connectivity index (χ3n) is 5.37. The molecule has 0 fully saturated rings. The Kier molecular flexibility index (Phi) is 7.25. The van der Waals surface area contributed by atoms with Gasteiger partial charge in [0.1, 0.15) is 6.61 Å². The number of aliphatic carboxylic acids is 1. The normalized spacial score (nSPS) is 14.1. The number of fused-ring (bicyclic) bond motifs is 3. The molecular weight excluding hydrogens is 400 g/mol. The minimum absolute atomic E-state index is 0.0486. The first-order valence-corrected chi connectivity index (χ1v) is 10.2. The second kappa shape index (κ2) is 10.1. The molecule has 1 aliphatic carbocycles. The monoisotopic (exact) mass is 426 g/mol. The van der Waals surface area contributed by atoms with E-state index < -0.39 is 36.7 Å². The SMILES string of the molecule is CC[C@@H](CC(=O)NCC(O)C(=O)O)NC(=O)OCC1c2ccccc2-c2ccccc21. The van der Waals surface area contributed by atoms with Crippen molar-refractivity contribution in [2.24, 2.45) is 0 Å². The van der Waals surface area contributed by atoms with Crippen LogP contribution in [0.5, 0.6) is 0 Å². The average molecular weight is 426 g/mol. The highest BCUT2D eigenvalue weighted by Crippen LogP contribution is 2.44. The smallest absolute Gasteiger partial charge is 0.407 e. The van der Waals surface area contributed by atoms with Crippen LogP contribution in [-0.4, -0.2) is 53.5 Å². The van der Waals surface area contributed by atoms with Crippen molar-refractivity contribution < 1.29 is 29.3 Å². The molecule has 0 aromatic heterocycles. The van der Waals surface area contributed by atoms with E-state index in [0.717, 1.165) is 22.3 Å². The highest BCUT2D eigenvalue weighted by atomic mass is 16.5. The molecule has 164 valence electrons. The van der Waals surface area contributed by atoms with Crippen LogP contribution in [0.25, 0.3) is 11.1 Å². The molecule has 0 heterocycles. The summed E-state index contributed by atoms with van der Waals surface area (Å²) >= 11 is 0. The van der Waals surface area contributed by atoms with Gasteiger partial charge in [-0.25, -0.2) is 9.59 Å². The summed E-state index contributed by atoms with van der Waals surface area (Å²) in [5, 5.41) is 22.9. The lowest BCUT2D eigenvalue weighted by Crippen LogP contribution is -2.42. The third kappa shape index (κ3) is 5.40. The zero-order valence-electron chi connectivity index (χ0n) is 17.2. The number of rotatable bonds is 9. The van der Waals surface area contributed by atoms with E-state index in [1.807, 2.05) is 43.3 Å². The summed E-state index contributed by atoms with van der Waals surface area (Å²) in [5.41, 5.74) is 4.50. The van der Waals surface area contributed by atoms with Crippen LogP contribution in [0.4, 0.5) is 4.79 Å². The fourth-order valence-corrected chi connectivity index (χ4v) is 3.70. The Balaban J connectivity index is 1.53. The lowest BCUT2D eigenvalue weighted by atomic mass is 9.98. The van der Waals surface area contributed by atoms with Gasteiger partial charge in [-0.3, -0.25) is 4.79 Å². The van der Waals surface area contributed by atoms with Crippen molar-refractivity contribution in [2.45, 2.75) is 37.8 Å². The van der Waals surface area contributed by atoms with E-state index in [0.29, 0.717) is 6.42 Å². The summed E-state index contributed by atoms with van der Waals surface area (Å²) < 4.78 is 5.48. The van der Waals surface area contributed by atoms with Gasteiger partial charge < -0.3 is 25.6 Å². The number of nitrogens with one attached hydrogen (secondary N) is 2. The Bertz CT molecular complexity index is 915.